The minimum atomic E-state index is -1.08. The second-order valence-corrected chi connectivity index (χ2v) is 5.86. The maximum absolute atomic E-state index is 11.1. The van der Waals surface area contributed by atoms with Crippen LogP contribution in [0, 0.1) is 10.1 Å². The van der Waals surface area contributed by atoms with Crippen molar-refractivity contribution in [2.24, 2.45) is 0 Å². The van der Waals surface area contributed by atoms with E-state index in [4.69, 9.17) is 5.11 Å². The van der Waals surface area contributed by atoms with Crippen LogP contribution >= 0.6 is 11.8 Å². The van der Waals surface area contributed by atoms with E-state index in [9.17, 15) is 14.9 Å². The third-order valence-electron chi connectivity index (χ3n) is 3.16. The molecule has 0 aliphatic rings. The molecule has 1 N–H and O–H groups in total. The molecule has 2 rings (SSSR count). The van der Waals surface area contributed by atoms with Crippen molar-refractivity contribution < 1.29 is 14.8 Å². The molecule has 0 saturated carbocycles. The fourth-order valence-corrected chi connectivity index (χ4v) is 2.87. The smallest absolute Gasteiger partial charge is 0.308 e. The first kappa shape index (κ1) is 16.0. The van der Waals surface area contributed by atoms with Gasteiger partial charge in [0.2, 0.25) is 0 Å². The molecule has 0 radical (unpaired) electrons. The highest BCUT2D eigenvalue weighted by molar-refractivity contribution is 7.99. The highest BCUT2D eigenvalue weighted by Crippen LogP contribution is 2.32. The number of nitro benzene ring substituents is 1. The van der Waals surface area contributed by atoms with E-state index < -0.39 is 10.9 Å². The molecule has 0 bridgehead atoms. The zero-order valence-corrected chi connectivity index (χ0v) is 12.8. The summed E-state index contributed by atoms with van der Waals surface area (Å²) in [4.78, 5) is 23.0. The second kappa shape index (κ2) is 7.09. The summed E-state index contributed by atoms with van der Waals surface area (Å²) in [7, 11) is 0. The molecule has 0 spiro atoms. The maximum Gasteiger partial charge on any atom is 0.308 e. The quantitative estimate of drug-likeness (QED) is 0.645. The lowest BCUT2D eigenvalue weighted by Gasteiger charge is -2.05. The van der Waals surface area contributed by atoms with Gasteiger partial charge < -0.3 is 5.11 Å². The van der Waals surface area contributed by atoms with Gasteiger partial charge in [-0.3, -0.25) is 14.9 Å². The number of rotatable bonds is 6. The van der Waals surface area contributed by atoms with E-state index in [1.54, 1.807) is 6.07 Å². The lowest BCUT2D eigenvalue weighted by molar-refractivity contribution is -0.385. The van der Waals surface area contributed by atoms with Gasteiger partial charge in [-0.25, -0.2) is 0 Å². The summed E-state index contributed by atoms with van der Waals surface area (Å²) in [6, 6.07) is 12.6. The van der Waals surface area contributed by atoms with Gasteiger partial charge in [0.05, 0.1) is 11.3 Å². The van der Waals surface area contributed by atoms with Crippen molar-refractivity contribution >= 4 is 23.4 Å². The molecule has 2 aromatic carbocycles. The van der Waals surface area contributed by atoms with Crippen LogP contribution in [0.2, 0.25) is 0 Å². The van der Waals surface area contributed by atoms with Crippen molar-refractivity contribution in [3.05, 3.63) is 63.7 Å². The first-order valence-electron chi connectivity index (χ1n) is 6.75. The van der Waals surface area contributed by atoms with E-state index in [-0.39, 0.29) is 17.7 Å². The molecular weight excluding hydrogens is 302 g/mol. The second-order valence-electron chi connectivity index (χ2n) is 4.72. The molecule has 0 aliphatic carbocycles. The van der Waals surface area contributed by atoms with Crippen molar-refractivity contribution in [1.29, 1.82) is 0 Å². The average molecular weight is 317 g/mol. The van der Waals surface area contributed by atoms with Gasteiger partial charge in [0.15, 0.2) is 0 Å². The van der Waals surface area contributed by atoms with Crippen LogP contribution in [-0.4, -0.2) is 16.0 Å². The standard InChI is InChI=1S/C16H15NO4S/c1-2-11-3-6-13(7-4-11)22-14-8-5-12(9-16(18)19)15(10-14)17(20)21/h3-8,10H,2,9H2,1H3,(H,18,19). The van der Waals surface area contributed by atoms with Gasteiger partial charge in [0, 0.05) is 21.4 Å². The van der Waals surface area contributed by atoms with Crippen LogP contribution in [0.1, 0.15) is 18.1 Å². The number of hydrogen-bond donors (Lipinski definition) is 1. The van der Waals surface area contributed by atoms with Crippen LogP contribution in [-0.2, 0) is 17.6 Å². The highest BCUT2D eigenvalue weighted by Gasteiger charge is 2.17. The van der Waals surface area contributed by atoms with Gasteiger partial charge in [-0.2, -0.15) is 0 Å². The van der Waals surface area contributed by atoms with Gasteiger partial charge >= 0.3 is 5.97 Å². The number of carbonyl (C=O) groups is 1. The van der Waals surface area contributed by atoms with Gasteiger partial charge in [-0.05, 0) is 30.2 Å². The van der Waals surface area contributed by atoms with E-state index in [1.807, 2.05) is 24.3 Å². The fraction of sp³-hybridized carbons (Fsp3) is 0.188. The molecule has 0 aliphatic heterocycles. The van der Waals surface area contributed by atoms with E-state index in [0.29, 0.717) is 4.90 Å². The summed E-state index contributed by atoms with van der Waals surface area (Å²) in [5, 5.41) is 19.9. The Morgan fingerprint density at radius 3 is 2.36 bits per heavy atom. The zero-order chi connectivity index (χ0) is 16.1. The Balaban J connectivity index is 2.25. The maximum atomic E-state index is 11.1. The normalized spacial score (nSPS) is 10.4. The molecule has 6 heteroatoms. The van der Waals surface area contributed by atoms with Gasteiger partial charge in [0.1, 0.15) is 0 Å². The van der Waals surface area contributed by atoms with Crippen molar-refractivity contribution in [2.45, 2.75) is 29.6 Å². The van der Waals surface area contributed by atoms with Crippen molar-refractivity contribution in [3.63, 3.8) is 0 Å². The predicted octanol–water partition coefficient (Wildman–Crippen LogP) is 3.94. The number of aryl methyl sites for hydroxylation is 1. The molecule has 0 atom stereocenters. The van der Waals surface area contributed by atoms with Crippen molar-refractivity contribution in [1.82, 2.24) is 0 Å². The topological polar surface area (TPSA) is 80.4 Å². The van der Waals surface area contributed by atoms with Gasteiger partial charge in [0.25, 0.3) is 5.69 Å². The summed E-state index contributed by atoms with van der Waals surface area (Å²) in [6.45, 7) is 2.08. The number of nitrogens with zero attached hydrogens (tertiary/aromatic N) is 1. The van der Waals surface area contributed by atoms with Gasteiger partial charge in [-0.15, -0.1) is 0 Å². The third-order valence-corrected chi connectivity index (χ3v) is 4.16. The van der Waals surface area contributed by atoms with Crippen LogP contribution in [0.3, 0.4) is 0 Å². The minimum absolute atomic E-state index is 0.155. The zero-order valence-electron chi connectivity index (χ0n) is 12.0. The number of carboxylic acids is 1. The summed E-state index contributed by atoms with van der Waals surface area (Å²) in [5.74, 6) is -1.08. The number of aliphatic carboxylic acids is 1. The predicted molar refractivity (Wildman–Crippen MR) is 84.4 cm³/mol. The molecular formula is C16H15NO4S. The Labute approximate surface area is 132 Å². The molecule has 0 aromatic heterocycles. The molecule has 0 heterocycles. The highest BCUT2D eigenvalue weighted by atomic mass is 32.2. The molecule has 5 nitrogen and oxygen atoms in total. The largest absolute Gasteiger partial charge is 0.481 e. The van der Waals surface area contributed by atoms with Crippen LogP contribution in [0.5, 0.6) is 0 Å². The Bertz CT molecular complexity index is 698. The Morgan fingerprint density at radius 1 is 1.18 bits per heavy atom. The Morgan fingerprint density at radius 2 is 1.82 bits per heavy atom. The molecule has 0 unspecified atom stereocenters. The fourth-order valence-electron chi connectivity index (χ4n) is 2.02. The van der Waals surface area contributed by atoms with Crippen LogP contribution in [0.25, 0.3) is 0 Å². The van der Waals surface area contributed by atoms with Crippen LogP contribution < -0.4 is 0 Å². The summed E-state index contributed by atoms with van der Waals surface area (Å²) in [5.41, 5.74) is 1.29. The average Bonchev–Trinajstić information content (AvgIpc) is 2.49. The van der Waals surface area contributed by atoms with Crippen LogP contribution in [0.4, 0.5) is 5.69 Å². The lowest BCUT2D eigenvalue weighted by Crippen LogP contribution is -2.03. The first-order chi connectivity index (χ1) is 10.5. The third kappa shape index (κ3) is 4.08. The molecule has 22 heavy (non-hydrogen) atoms. The number of carboxylic acid groups (broad SMARTS) is 1. The summed E-state index contributed by atoms with van der Waals surface area (Å²) in [6.07, 6.45) is 0.604. The van der Waals surface area contributed by atoms with E-state index >= 15 is 0 Å². The van der Waals surface area contributed by atoms with Gasteiger partial charge in [-0.1, -0.05) is 36.9 Å². The van der Waals surface area contributed by atoms with E-state index in [1.165, 1.54) is 29.5 Å². The molecule has 0 fully saturated rings. The number of hydrogen-bond acceptors (Lipinski definition) is 4. The number of nitro groups is 1. The molecule has 2 aromatic rings. The monoisotopic (exact) mass is 317 g/mol. The Kier molecular flexibility index (Phi) is 5.16. The summed E-state index contributed by atoms with van der Waals surface area (Å²) < 4.78 is 0. The summed E-state index contributed by atoms with van der Waals surface area (Å²) >= 11 is 1.41. The van der Waals surface area contributed by atoms with Crippen LogP contribution in [0.15, 0.2) is 52.3 Å². The molecule has 0 saturated heterocycles. The van der Waals surface area contributed by atoms with Crippen molar-refractivity contribution in [3.8, 4) is 0 Å². The molecule has 0 amide bonds. The number of benzene rings is 2. The van der Waals surface area contributed by atoms with Crippen molar-refractivity contribution in [2.75, 3.05) is 0 Å². The lowest BCUT2D eigenvalue weighted by atomic mass is 10.1. The Hall–Kier alpha value is -2.34. The SMILES string of the molecule is CCc1ccc(Sc2ccc(CC(=O)O)c([N+](=O)[O-])c2)cc1. The minimum Gasteiger partial charge on any atom is -0.481 e. The van der Waals surface area contributed by atoms with E-state index in [0.717, 1.165) is 11.3 Å². The van der Waals surface area contributed by atoms with E-state index in [2.05, 4.69) is 6.92 Å². The molecule has 114 valence electrons. The first-order valence-corrected chi connectivity index (χ1v) is 7.57.